The number of nitrogens with zero attached hydrogens (tertiary/aromatic N) is 1. The van der Waals surface area contributed by atoms with Gasteiger partial charge in [-0.2, -0.15) is 0 Å². The zero-order chi connectivity index (χ0) is 9.26. The predicted molar refractivity (Wildman–Crippen MR) is 51.4 cm³/mol. The second kappa shape index (κ2) is 3.50. The molecule has 2 aliphatic rings. The number of ketones is 1. The van der Waals surface area contributed by atoms with E-state index in [2.05, 4.69) is 17.1 Å². The molecule has 0 bridgehead atoms. The van der Waals surface area contributed by atoms with Crippen LogP contribution in [0.3, 0.4) is 0 Å². The van der Waals surface area contributed by atoms with Crippen LogP contribution in [0.5, 0.6) is 0 Å². The van der Waals surface area contributed by atoms with Gasteiger partial charge in [-0.15, -0.1) is 0 Å². The van der Waals surface area contributed by atoms with Crippen LogP contribution in [0.25, 0.3) is 0 Å². The molecule has 1 aliphatic carbocycles. The molecule has 0 radical (unpaired) electrons. The van der Waals surface area contributed by atoms with E-state index in [0.717, 1.165) is 31.8 Å². The summed E-state index contributed by atoms with van der Waals surface area (Å²) in [4.78, 5) is 13.3. The summed E-state index contributed by atoms with van der Waals surface area (Å²) in [7, 11) is 0. The Bertz CT molecular complexity index is 241. The van der Waals surface area contributed by atoms with Crippen LogP contribution in [0.15, 0.2) is 11.8 Å². The highest BCUT2D eigenvalue weighted by Gasteiger charge is 2.26. The van der Waals surface area contributed by atoms with Crippen LogP contribution in [0.2, 0.25) is 0 Å². The van der Waals surface area contributed by atoms with E-state index in [9.17, 15) is 4.79 Å². The molecule has 0 aromatic rings. The highest BCUT2D eigenvalue weighted by molar-refractivity contribution is 5.92. The molecule has 1 saturated heterocycles. The number of likely N-dealkylation sites (tertiary alicyclic amines) is 1. The van der Waals surface area contributed by atoms with Crippen LogP contribution in [0.1, 0.15) is 19.8 Å². The average Bonchev–Trinajstić information content (AvgIpc) is 2.43. The van der Waals surface area contributed by atoms with Crippen molar-refractivity contribution >= 4 is 5.78 Å². The van der Waals surface area contributed by atoms with Gasteiger partial charge in [0.15, 0.2) is 5.78 Å². The van der Waals surface area contributed by atoms with E-state index < -0.39 is 0 Å². The minimum absolute atomic E-state index is 0.272. The van der Waals surface area contributed by atoms with Gasteiger partial charge in [0, 0.05) is 31.3 Å². The molecule has 1 aliphatic heterocycles. The number of allylic oxidation sites excluding steroid dienone is 2. The van der Waals surface area contributed by atoms with Gasteiger partial charge in [-0.1, -0.05) is 6.92 Å². The molecule has 1 heterocycles. The van der Waals surface area contributed by atoms with E-state index in [4.69, 9.17) is 0 Å². The third kappa shape index (κ3) is 1.91. The molecule has 0 amide bonds. The molecule has 2 rings (SSSR count). The molecule has 0 atom stereocenters. The van der Waals surface area contributed by atoms with Gasteiger partial charge in [-0.3, -0.25) is 9.69 Å². The van der Waals surface area contributed by atoms with Crippen LogP contribution < -0.4 is 5.32 Å². The molecular formula is C10H16N2O. The number of rotatable bonds is 3. The van der Waals surface area contributed by atoms with E-state index in [0.29, 0.717) is 12.5 Å². The first kappa shape index (κ1) is 8.75. The van der Waals surface area contributed by atoms with Crippen molar-refractivity contribution in [3.05, 3.63) is 11.8 Å². The Morgan fingerprint density at radius 1 is 1.54 bits per heavy atom. The van der Waals surface area contributed by atoms with Crippen molar-refractivity contribution in [1.29, 1.82) is 0 Å². The zero-order valence-corrected chi connectivity index (χ0v) is 8.05. The van der Waals surface area contributed by atoms with Crippen LogP contribution in [-0.4, -0.2) is 36.4 Å². The van der Waals surface area contributed by atoms with Gasteiger partial charge >= 0.3 is 0 Å². The Morgan fingerprint density at radius 2 is 2.31 bits per heavy atom. The van der Waals surface area contributed by atoms with Crippen molar-refractivity contribution in [2.45, 2.75) is 25.8 Å². The number of hydrogen-bond donors (Lipinski definition) is 1. The van der Waals surface area contributed by atoms with Crippen LogP contribution in [0.4, 0.5) is 0 Å². The summed E-state index contributed by atoms with van der Waals surface area (Å²) in [6.07, 6.45) is 3.38. The predicted octanol–water partition coefficient (Wildman–Crippen LogP) is 0.527. The second-order valence-corrected chi connectivity index (χ2v) is 3.83. The summed E-state index contributed by atoms with van der Waals surface area (Å²) in [5, 5.41) is 3.41. The Kier molecular flexibility index (Phi) is 2.36. The summed E-state index contributed by atoms with van der Waals surface area (Å²) >= 11 is 0. The maximum Gasteiger partial charge on any atom is 0.157 e. The van der Waals surface area contributed by atoms with Crippen LogP contribution in [-0.2, 0) is 4.79 Å². The quantitative estimate of drug-likeness (QED) is 0.687. The van der Waals surface area contributed by atoms with Gasteiger partial charge in [0.1, 0.15) is 0 Å². The van der Waals surface area contributed by atoms with Gasteiger partial charge in [0.2, 0.25) is 0 Å². The molecule has 0 aromatic carbocycles. The Morgan fingerprint density at radius 3 is 2.85 bits per heavy atom. The Labute approximate surface area is 78.8 Å². The van der Waals surface area contributed by atoms with Crippen molar-refractivity contribution in [2.75, 3.05) is 19.6 Å². The highest BCUT2D eigenvalue weighted by Crippen LogP contribution is 2.15. The van der Waals surface area contributed by atoms with E-state index in [1.165, 1.54) is 0 Å². The summed E-state index contributed by atoms with van der Waals surface area (Å²) < 4.78 is 0. The SMILES string of the molecule is CCN1CC(NC2=CC(=O)CC2)C1. The molecule has 0 unspecified atom stereocenters. The second-order valence-electron chi connectivity index (χ2n) is 3.83. The first-order valence-corrected chi connectivity index (χ1v) is 5.00. The number of nitrogens with one attached hydrogen (secondary N) is 1. The first-order chi connectivity index (χ1) is 6.28. The lowest BCUT2D eigenvalue weighted by Crippen LogP contribution is -2.57. The largest absolute Gasteiger partial charge is 0.383 e. The number of carbonyl (C=O) groups is 1. The minimum atomic E-state index is 0.272. The molecule has 1 N–H and O–H groups in total. The third-order valence-electron chi connectivity index (χ3n) is 2.77. The summed E-state index contributed by atoms with van der Waals surface area (Å²) in [5.41, 5.74) is 1.14. The first-order valence-electron chi connectivity index (χ1n) is 5.00. The summed E-state index contributed by atoms with van der Waals surface area (Å²) in [6.45, 7) is 5.56. The summed E-state index contributed by atoms with van der Waals surface area (Å²) in [6, 6.07) is 0.581. The van der Waals surface area contributed by atoms with E-state index in [1.807, 2.05) is 0 Å². The van der Waals surface area contributed by atoms with Crippen LogP contribution >= 0.6 is 0 Å². The van der Waals surface area contributed by atoms with Crippen molar-refractivity contribution < 1.29 is 4.79 Å². The van der Waals surface area contributed by atoms with Crippen molar-refractivity contribution in [3.8, 4) is 0 Å². The van der Waals surface area contributed by atoms with Gasteiger partial charge < -0.3 is 5.32 Å². The zero-order valence-electron chi connectivity index (χ0n) is 8.05. The maximum absolute atomic E-state index is 10.9. The number of likely N-dealkylation sites (N-methyl/N-ethyl adjacent to an activating group) is 1. The number of carbonyl (C=O) groups excluding carboxylic acids is 1. The van der Waals surface area contributed by atoms with Gasteiger partial charge in [0.05, 0.1) is 6.04 Å². The fourth-order valence-corrected chi connectivity index (χ4v) is 1.89. The van der Waals surface area contributed by atoms with Crippen molar-refractivity contribution in [1.82, 2.24) is 10.2 Å². The molecule has 3 nitrogen and oxygen atoms in total. The third-order valence-corrected chi connectivity index (χ3v) is 2.77. The lowest BCUT2D eigenvalue weighted by molar-refractivity contribution is -0.114. The molecule has 0 saturated carbocycles. The Hall–Kier alpha value is -0.830. The Balaban J connectivity index is 1.75. The molecule has 3 heteroatoms. The van der Waals surface area contributed by atoms with Gasteiger partial charge in [0.25, 0.3) is 0 Å². The normalized spacial score (nSPS) is 24.4. The monoisotopic (exact) mass is 180 g/mol. The molecular weight excluding hydrogens is 164 g/mol. The molecule has 0 spiro atoms. The van der Waals surface area contributed by atoms with Crippen molar-refractivity contribution in [2.24, 2.45) is 0 Å². The van der Waals surface area contributed by atoms with E-state index >= 15 is 0 Å². The fourth-order valence-electron chi connectivity index (χ4n) is 1.89. The fraction of sp³-hybridized carbons (Fsp3) is 0.700. The lowest BCUT2D eigenvalue weighted by Gasteiger charge is -2.39. The molecule has 1 fully saturated rings. The maximum atomic E-state index is 10.9. The van der Waals surface area contributed by atoms with Crippen molar-refractivity contribution in [3.63, 3.8) is 0 Å². The van der Waals surface area contributed by atoms with Gasteiger partial charge in [-0.05, 0) is 13.0 Å². The van der Waals surface area contributed by atoms with E-state index in [-0.39, 0.29) is 5.78 Å². The standard InChI is InChI=1S/C10H16N2O/c1-2-12-6-9(7-12)11-8-3-4-10(13)5-8/h5,9,11H,2-4,6-7H2,1H3. The smallest absolute Gasteiger partial charge is 0.157 e. The van der Waals surface area contributed by atoms with E-state index in [1.54, 1.807) is 6.08 Å². The van der Waals surface area contributed by atoms with Crippen LogP contribution in [0, 0.1) is 0 Å². The molecule has 72 valence electrons. The topological polar surface area (TPSA) is 32.3 Å². The number of hydrogen-bond acceptors (Lipinski definition) is 3. The lowest BCUT2D eigenvalue weighted by atomic mass is 10.1. The van der Waals surface area contributed by atoms with Gasteiger partial charge in [-0.25, -0.2) is 0 Å². The average molecular weight is 180 g/mol. The summed E-state index contributed by atoms with van der Waals surface area (Å²) in [5.74, 6) is 0.272. The highest BCUT2D eigenvalue weighted by atomic mass is 16.1. The molecule has 13 heavy (non-hydrogen) atoms. The molecule has 0 aromatic heterocycles. The minimum Gasteiger partial charge on any atom is -0.383 e.